The summed E-state index contributed by atoms with van der Waals surface area (Å²) in [6.45, 7) is 16.2. The second-order valence-electron chi connectivity index (χ2n) is 11.4. The number of rotatable bonds is 3. The molecule has 0 bridgehead atoms. The van der Waals surface area contributed by atoms with E-state index in [4.69, 9.17) is 10.1 Å². The van der Waals surface area contributed by atoms with Gasteiger partial charge in [-0.15, -0.1) is 0 Å². The van der Waals surface area contributed by atoms with Crippen molar-refractivity contribution in [2.45, 2.75) is 60.8 Å². The van der Waals surface area contributed by atoms with Gasteiger partial charge in [0.15, 0.2) is 5.84 Å². The fraction of sp³-hybridized carbons (Fsp3) is 0.577. The van der Waals surface area contributed by atoms with E-state index in [0.29, 0.717) is 12.0 Å². The van der Waals surface area contributed by atoms with Crippen LogP contribution >= 0.6 is 0 Å². The van der Waals surface area contributed by atoms with Gasteiger partial charge in [-0.25, -0.2) is 0 Å². The molecular weight excluding hydrogens is 396 g/mol. The van der Waals surface area contributed by atoms with Crippen molar-refractivity contribution in [3.05, 3.63) is 47.7 Å². The maximum atomic E-state index is 5.00. The lowest BCUT2D eigenvalue weighted by Crippen LogP contribution is -2.45. The van der Waals surface area contributed by atoms with Crippen LogP contribution in [0.2, 0.25) is 0 Å². The third kappa shape index (κ3) is 5.40. The number of hydrogen-bond acceptors (Lipinski definition) is 5. The molecule has 1 N–H and O–H groups in total. The Bertz CT molecular complexity index is 955. The van der Waals surface area contributed by atoms with Gasteiger partial charge < -0.3 is 10.2 Å². The van der Waals surface area contributed by atoms with E-state index in [2.05, 4.69) is 81.1 Å². The van der Waals surface area contributed by atoms with E-state index in [9.17, 15) is 0 Å². The quantitative estimate of drug-likeness (QED) is 0.675. The minimum Gasteiger partial charge on any atom is -0.358 e. The first-order chi connectivity index (χ1) is 15.0. The number of hydrazone groups is 1. The van der Waals surface area contributed by atoms with Gasteiger partial charge in [-0.3, -0.25) is 9.98 Å². The predicted molar refractivity (Wildman–Crippen MR) is 134 cm³/mol. The minimum absolute atomic E-state index is 0.0294. The number of aliphatic imine (C=N–C) groups is 2. The van der Waals surface area contributed by atoms with Gasteiger partial charge in [0.1, 0.15) is 11.6 Å². The second kappa shape index (κ2) is 8.38. The molecule has 4 heterocycles. The first kappa shape index (κ1) is 22.6. The Morgan fingerprint density at radius 3 is 2.62 bits per heavy atom. The number of nitrogens with zero attached hydrogens (tertiary/aromatic N) is 5. The fourth-order valence-corrected chi connectivity index (χ4v) is 4.48. The topological polar surface area (TPSA) is 55.6 Å². The normalized spacial score (nSPS) is 27.1. The summed E-state index contributed by atoms with van der Waals surface area (Å²) < 4.78 is 0. The lowest BCUT2D eigenvalue weighted by atomic mass is 9.85. The first-order valence-electron chi connectivity index (χ1n) is 11.8. The highest BCUT2D eigenvalue weighted by molar-refractivity contribution is 5.97. The number of fused-ring (bicyclic) bond motifs is 1. The maximum absolute atomic E-state index is 5.00. The summed E-state index contributed by atoms with van der Waals surface area (Å²) in [5, 5.41) is 10.3. The van der Waals surface area contributed by atoms with Gasteiger partial charge in [0, 0.05) is 48.6 Å². The van der Waals surface area contributed by atoms with E-state index >= 15 is 0 Å². The van der Waals surface area contributed by atoms with Crippen molar-refractivity contribution in [1.82, 2.24) is 15.2 Å². The zero-order chi connectivity index (χ0) is 23.0. The van der Waals surface area contributed by atoms with Crippen LogP contribution in [0.25, 0.3) is 0 Å². The van der Waals surface area contributed by atoms with Gasteiger partial charge in [0.25, 0.3) is 0 Å². The van der Waals surface area contributed by atoms with Gasteiger partial charge in [-0.2, -0.15) is 10.1 Å². The highest BCUT2D eigenvalue weighted by Gasteiger charge is 2.31. The summed E-state index contributed by atoms with van der Waals surface area (Å²) in [7, 11) is 0. The van der Waals surface area contributed by atoms with Crippen LogP contribution in [0.3, 0.4) is 0 Å². The number of nitrogens with one attached hydrogen (secondary N) is 1. The maximum Gasteiger partial charge on any atom is 0.155 e. The lowest BCUT2D eigenvalue weighted by molar-refractivity contribution is 0.286. The van der Waals surface area contributed by atoms with E-state index in [1.165, 1.54) is 19.3 Å². The molecule has 1 fully saturated rings. The summed E-state index contributed by atoms with van der Waals surface area (Å²) in [5.74, 6) is 2.98. The molecule has 0 atom stereocenters. The lowest BCUT2D eigenvalue weighted by Gasteiger charge is -2.38. The molecule has 172 valence electrons. The predicted octanol–water partition coefficient (Wildman–Crippen LogP) is 5.06. The third-order valence-electron chi connectivity index (χ3n) is 6.47. The van der Waals surface area contributed by atoms with E-state index in [1.54, 1.807) is 0 Å². The first-order valence-corrected chi connectivity index (χ1v) is 11.8. The van der Waals surface area contributed by atoms with Crippen molar-refractivity contribution >= 4 is 18.3 Å². The van der Waals surface area contributed by atoms with Crippen molar-refractivity contribution < 1.29 is 0 Å². The van der Waals surface area contributed by atoms with Gasteiger partial charge in [-0.1, -0.05) is 53.7 Å². The van der Waals surface area contributed by atoms with Crippen molar-refractivity contribution in [3.8, 4) is 0 Å². The molecule has 0 aliphatic carbocycles. The van der Waals surface area contributed by atoms with Gasteiger partial charge >= 0.3 is 0 Å². The molecule has 4 aliphatic rings. The van der Waals surface area contributed by atoms with Crippen LogP contribution in [0.15, 0.2) is 62.8 Å². The number of amidine groups is 1. The molecule has 6 nitrogen and oxygen atoms in total. The average molecular weight is 435 g/mol. The molecule has 0 aromatic heterocycles. The van der Waals surface area contributed by atoms with Crippen molar-refractivity contribution in [2.24, 2.45) is 31.3 Å². The molecule has 4 rings (SSSR count). The molecule has 0 spiro atoms. The molecule has 0 aromatic rings. The zero-order valence-corrected chi connectivity index (χ0v) is 20.5. The molecule has 1 saturated heterocycles. The SMILES string of the molecule is CC1(C)C=CN=CC(CN=C2C=C(N3CCCC(C)(C)CC3)NC3=CC(C)(C)C=NN32)=C1. The Balaban J connectivity index is 1.64. The molecule has 0 saturated carbocycles. The molecule has 0 aromatic carbocycles. The molecule has 0 amide bonds. The molecule has 0 unspecified atom stereocenters. The Hall–Kier alpha value is -2.63. The highest BCUT2D eigenvalue weighted by atomic mass is 15.5. The largest absolute Gasteiger partial charge is 0.358 e. The smallest absolute Gasteiger partial charge is 0.155 e. The van der Waals surface area contributed by atoms with E-state index in [1.807, 2.05) is 23.6 Å². The van der Waals surface area contributed by atoms with Crippen LogP contribution in [-0.2, 0) is 0 Å². The van der Waals surface area contributed by atoms with Crippen LogP contribution in [0, 0.1) is 16.2 Å². The summed E-state index contributed by atoms with van der Waals surface area (Å²) in [6, 6.07) is 0. The van der Waals surface area contributed by atoms with Crippen molar-refractivity contribution in [3.63, 3.8) is 0 Å². The number of allylic oxidation sites excluding steroid dienone is 3. The van der Waals surface area contributed by atoms with Crippen LogP contribution < -0.4 is 5.32 Å². The summed E-state index contributed by atoms with van der Waals surface area (Å²) in [6.07, 6.45) is 18.2. The number of hydrogen-bond donors (Lipinski definition) is 1. The summed E-state index contributed by atoms with van der Waals surface area (Å²) in [5.41, 5.74) is 1.39. The van der Waals surface area contributed by atoms with Gasteiger partial charge in [0.2, 0.25) is 0 Å². The van der Waals surface area contributed by atoms with Gasteiger partial charge in [-0.05, 0) is 36.3 Å². The van der Waals surface area contributed by atoms with Crippen LogP contribution in [0.4, 0.5) is 0 Å². The molecule has 6 heteroatoms. The van der Waals surface area contributed by atoms with E-state index in [-0.39, 0.29) is 10.8 Å². The Labute approximate surface area is 193 Å². The average Bonchev–Trinajstić information content (AvgIpc) is 2.98. The van der Waals surface area contributed by atoms with Crippen LogP contribution in [0.5, 0.6) is 0 Å². The standard InChI is InChI=1S/C26H38N6/c1-24(2)8-7-12-31(13-10-24)22-14-21(32-23(30-22)16-26(5,6)19-29-32)28-18-20-15-25(3,4)9-11-27-17-20/h9,11,14-17,19,30H,7-8,10,12-13,18H2,1-6H3. The Kier molecular flexibility index (Phi) is 5.91. The second-order valence-corrected chi connectivity index (χ2v) is 11.4. The third-order valence-corrected chi connectivity index (χ3v) is 6.47. The number of likely N-dealkylation sites (tertiary alicyclic amines) is 1. The fourth-order valence-electron chi connectivity index (χ4n) is 4.48. The molecule has 4 aliphatic heterocycles. The summed E-state index contributed by atoms with van der Waals surface area (Å²) in [4.78, 5) is 11.9. The summed E-state index contributed by atoms with van der Waals surface area (Å²) >= 11 is 0. The van der Waals surface area contributed by atoms with E-state index in [0.717, 1.165) is 36.1 Å². The minimum atomic E-state index is -0.0979. The Morgan fingerprint density at radius 1 is 1.00 bits per heavy atom. The van der Waals surface area contributed by atoms with Crippen LogP contribution in [-0.4, -0.2) is 47.8 Å². The monoisotopic (exact) mass is 434 g/mol. The van der Waals surface area contributed by atoms with Crippen molar-refractivity contribution in [1.29, 1.82) is 0 Å². The molecule has 32 heavy (non-hydrogen) atoms. The zero-order valence-electron chi connectivity index (χ0n) is 20.5. The van der Waals surface area contributed by atoms with Gasteiger partial charge in [0.05, 0.1) is 6.54 Å². The molecule has 0 radical (unpaired) electrons. The molecular formula is C26H38N6. The van der Waals surface area contributed by atoms with Crippen LogP contribution in [0.1, 0.15) is 60.8 Å². The van der Waals surface area contributed by atoms with Crippen molar-refractivity contribution in [2.75, 3.05) is 19.6 Å². The Morgan fingerprint density at radius 2 is 1.81 bits per heavy atom. The van der Waals surface area contributed by atoms with E-state index < -0.39 is 0 Å². The highest BCUT2D eigenvalue weighted by Crippen LogP contribution is 2.32.